The van der Waals surface area contributed by atoms with Crippen molar-refractivity contribution in [1.29, 1.82) is 0 Å². The molecule has 0 fully saturated rings. The van der Waals surface area contributed by atoms with E-state index >= 15 is 0 Å². The van der Waals surface area contributed by atoms with E-state index in [9.17, 15) is 13.6 Å². The van der Waals surface area contributed by atoms with Gasteiger partial charge >= 0.3 is 6.61 Å². The number of carbonyl (C=O) groups is 1. The van der Waals surface area contributed by atoms with Crippen LogP contribution in [0.25, 0.3) is 0 Å². The van der Waals surface area contributed by atoms with Crippen LogP contribution in [0.1, 0.15) is 33.0 Å². The van der Waals surface area contributed by atoms with Crippen LogP contribution in [-0.4, -0.2) is 31.6 Å². The third-order valence-corrected chi connectivity index (χ3v) is 3.99. The molecule has 1 heterocycles. The summed E-state index contributed by atoms with van der Waals surface area (Å²) in [6.45, 7) is 2.76. The van der Waals surface area contributed by atoms with Gasteiger partial charge in [-0.15, -0.1) is 0 Å². The lowest BCUT2D eigenvalue weighted by atomic mass is 10.1. The van der Waals surface area contributed by atoms with E-state index in [0.29, 0.717) is 17.1 Å². The molecule has 0 saturated carbocycles. The Morgan fingerprint density at radius 1 is 1.20 bits per heavy atom. The topological polar surface area (TPSA) is 51.9 Å². The number of aryl methyl sites for hydroxylation is 2. The highest BCUT2D eigenvalue weighted by atomic mass is 19.3. The number of alkyl halides is 2. The van der Waals surface area contributed by atoms with Crippen LogP contribution in [0, 0.1) is 20.8 Å². The minimum Gasteiger partial charge on any atom is -0.493 e. The summed E-state index contributed by atoms with van der Waals surface area (Å²) in [4.78, 5) is 14.2. The molecule has 0 spiro atoms. The molecule has 0 unspecified atom stereocenters. The van der Waals surface area contributed by atoms with Gasteiger partial charge in [-0.1, -0.05) is 6.07 Å². The number of hydrogen-bond acceptors (Lipinski definition) is 4. The second-order valence-electron chi connectivity index (χ2n) is 5.74. The van der Waals surface area contributed by atoms with Gasteiger partial charge in [0.2, 0.25) is 0 Å². The number of halogens is 2. The molecular weight excluding hydrogens is 332 g/mol. The van der Waals surface area contributed by atoms with Gasteiger partial charge in [-0.3, -0.25) is 4.79 Å². The number of methoxy groups -OCH3 is 1. The van der Waals surface area contributed by atoms with Crippen molar-refractivity contribution in [2.75, 3.05) is 14.2 Å². The molecule has 1 aromatic carbocycles. The summed E-state index contributed by atoms with van der Waals surface area (Å²) in [7, 11) is 3.03. The number of rotatable bonds is 6. The van der Waals surface area contributed by atoms with E-state index in [0.717, 1.165) is 11.1 Å². The van der Waals surface area contributed by atoms with Crippen molar-refractivity contribution in [3.63, 3.8) is 0 Å². The zero-order valence-corrected chi connectivity index (χ0v) is 14.9. The quantitative estimate of drug-likeness (QED) is 0.785. The smallest absolute Gasteiger partial charge is 0.387 e. The predicted molar refractivity (Wildman–Crippen MR) is 88.3 cm³/mol. The molecule has 0 N–H and O–H groups in total. The molecule has 2 aromatic rings. The maximum absolute atomic E-state index is 12.7. The Hall–Kier alpha value is -2.57. The molecule has 1 amide bonds. The van der Waals surface area contributed by atoms with Crippen molar-refractivity contribution < 1.29 is 27.5 Å². The Balaban J connectivity index is 2.19. The summed E-state index contributed by atoms with van der Waals surface area (Å²) < 4.78 is 39.7. The maximum atomic E-state index is 12.7. The molecule has 25 heavy (non-hydrogen) atoms. The fourth-order valence-electron chi connectivity index (χ4n) is 2.65. The van der Waals surface area contributed by atoms with Crippen molar-refractivity contribution in [3.8, 4) is 11.5 Å². The molecule has 1 aromatic heterocycles. The van der Waals surface area contributed by atoms with E-state index in [1.165, 1.54) is 18.1 Å². The van der Waals surface area contributed by atoms with Crippen LogP contribution in [0.5, 0.6) is 11.5 Å². The molecule has 0 aliphatic heterocycles. The van der Waals surface area contributed by atoms with Gasteiger partial charge in [-0.25, -0.2) is 0 Å². The first kappa shape index (κ1) is 18.8. The summed E-state index contributed by atoms with van der Waals surface area (Å²) in [5.74, 6) is 1.26. The maximum Gasteiger partial charge on any atom is 0.387 e. The van der Waals surface area contributed by atoms with Crippen molar-refractivity contribution >= 4 is 5.91 Å². The summed E-state index contributed by atoms with van der Waals surface area (Å²) in [6.07, 6.45) is 0. The van der Waals surface area contributed by atoms with Crippen LogP contribution in [0.3, 0.4) is 0 Å². The Kier molecular flexibility index (Phi) is 5.66. The summed E-state index contributed by atoms with van der Waals surface area (Å²) >= 11 is 0. The molecular formula is C18H21F2NO4. The van der Waals surface area contributed by atoms with Gasteiger partial charge in [0.15, 0.2) is 11.5 Å². The molecule has 0 bridgehead atoms. The van der Waals surface area contributed by atoms with Crippen LogP contribution >= 0.6 is 0 Å². The first-order valence-electron chi connectivity index (χ1n) is 7.68. The highest BCUT2D eigenvalue weighted by Crippen LogP contribution is 2.30. The van der Waals surface area contributed by atoms with Gasteiger partial charge < -0.3 is 18.8 Å². The first-order chi connectivity index (χ1) is 11.7. The average Bonchev–Trinajstić information content (AvgIpc) is 2.80. The Morgan fingerprint density at radius 2 is 1.88 bits per heavy atom. The highest BCUT2D eigenvalue weighted by Gasteiger charge is 2.22. The molecule has 0 aliphatic rings. The largest absolute Gasteiger partial charge is 0.493 e. The number of hydrogen-bond donors (Lipinski definition) is 0. The van der Waals surface area contributed by atoms with E-state index in [2.05, 4.69) is 4.74 Å². The van der Waals surface area contributed by atoms with E-state index in [1.807, 2.05) is 13.8 Å². The summed E-state index contributed by atoms with van der Waals surface area (Å²) in [5.41, 5.74) is 2.09. The zero-order valence-electron chi connectivity index (χ0n) is 14.9. The lowest BCUT2D eigenvalue weighted by Crippen LogP contribution is -2.27. The number of nitrogens with zero attached hydrogens (tertiary/aromatic N) is 1. The fourth-order valence-corrected chi connectivity index (χ4v) is 2.65. The Bertz CT molecular complexity index is 771. The van der Waals surface area contributed by atoms with E-state index in [-0.39, 0.29) is 24.0 Å². The van der Waals surface area contributed by atoms with Crippen molar-refractivity contribution in [3.05, 3.63) is 46.4 Å². The van der Waals surface area contributed by atoms with Gasteiger partial charge in [0.25, 0.3) is 5.91 Å². The molecule has 0 radical (unpaired) electrons. The molecule has 136 valence electrons. The van der Waals surface area contributed by atoms with Crippen molar-refractivity contribution in [2.24, 2.45) is 0 Å². The molecule has 2 rings (SSSR count). The number of furan rings is 1. The first-order valence-corrected chi connectivity index (χ1v) is 7.68. The molecule has 0 aliphatic carbocycles. The second kappa shape index (κ2) is 7.55. The van der Waals surface area contributed by atoms with E-state index in [1.54, 1.807) is 26.1 Å². The standard InChI is InChI=1S/C18H21F2NO4/c1-10-11(2)24-12(3)16(10)17(22)21(4)9-13-6-7-14(25-18(19)20)15(8-13)23-5/h6-8,18H,9H2,1-5H3. The van der Waals surface area contributed by atoms with Gasteiger partial charge in [0.05, 0.1) is 12.7 Å². The van der Waals surface area contributed by atoms with Crippen LogP contribution in [-0.2, 0) is 6.54 Å². The summed E-state index contributed by atoms with van der Waals surface area (Å²) in [6, 6.07) is 4.59. The number of carbonyl (C=O) groups excluding carboxylic acids is 1. The second-order valence-corrected chi connectivity index (χ2v) is 5.74. The van der Waals surface area contributed by atoms with Gasteiger partial charge in [0.1, 0.15) is 11.5 Å². The molecule has 0 saturated heterocycles. The van der Waals surface area contributed by atoms with Gasteiger partial charge in [0, 0.05) is 19.2 Å². The molecule has 7 heteroatoms. The van der Waals surface area contributed by atoms with E-state index in [4.69, 9.17) is 9.15 Å². The predicted octanol–water partition coefficient (Wildman–Crippen LogP) is 4.09. The van der Waals surface area contributed by atoms with Crippen LogP contribution in [0.15, 0.2) is 22.6 Å². The van der Waals surface area contributed by atoms with Gasteiger partial charge in [-0.2, -0.15) is 8.78 Å². The lowest BCUT2D eigenvalue weighted by molar-refractivity contribution is -0.0512. The third kappa shape index (κ3) is 4.10. The average molecular weight is 353 g/mol. The van der Waals surface area contributed by atoms with Crippen LogP contribution in [0.4, 0.5) is 8.78 Å². The Labute approximate surface area is 145 Å². The molecule has 5 nitrogen and oxygen atoms in total. The lowest BCUT2D eigenvalue weighted by Gasteiger charge is -2.18. The fraction of sp³-hybridized carbons (Fsp3) is 0.389. The zero-order chi connectivity index (χ0) is 18.7. The third-order valence-electron chi connectivity index (χ3n) is 3.99. The minimum atomic E-state index is -2.93. The van der Waals surface area contributed by atoms with Gasteiger partial charge in [-0.05, 0) is 38.5 Å². The Morgan fingerprint density at radius 3 is 2.40 bits per heavy atom. The SMILES string of the molecule is COc1cc(CN(C)C(=O)c2c(C)oc(C)c2C)ccc1OC(F)F. The number of ether oxygens (including phenoxy) is 2. The summed E-state index contributed by atoms with van der Waals surface area (Å²) in [5, 5.41) is 0. The van der Waals surface area contributed by atoms with E-state index < -0.39 is 6.61 Å². The number of benzene rings is 1. The highest BCUT2D eigenvalue weighted by molar-refractivity contribution is 5.96. The van der Waals surface area contributed by atoms with Crippen LogP contribution < -0.4 is 9.47 Å². The number of amides is 1. The minimum absolute atomic E-state index is 0.0487. The van der Waals surface area contributed by atoms with Crippen molar-refractivity contribution in [1.82, 2.24) is 4.90 Å². The molecule has 0 atom stereocenters. The normalized spacial score (nSPS) is 10.9. The van der Waals surface area contributed by atoms with Crippen LogP contribution in [0.2, 0.25) is 0 Å². The monoisotopic (exact) mass is 353 g/mol. The van der Waals surface area contributed by atoms with Crippen molar-refractivity contribution in [2.45, 2.75) is 33.9 Å².